The van der Waals surface area contributed by atoms with Crippen LogP contribution in [-0.4, -0.2) is 22.7 Å². The van der Waals surface area contributed by atoms with Gasteiger partial charge in [-0.3, -0.25) is 0 Å². The molecule has 3 rings (SSSR count). The van der Waals surface area contributed by atoms with Crippen LogP contribution >= 0.6 is 11.3 Å². The number of rotatable bonds is 3. The number of aliphatic hydroxyl groups excluding tert-OH is 1. The maximum Gasteiger partial charge on any atom is 0.0959 e. The molecule has 2 aliphatic rings. The van der Waals surface area contributed by atoms with Crippen molar-refractivity contribution < 1.29 is 5.11 Å². The van der Waals surface area contributed by atoms with E-state index in [1.54, 1.807) is 11.3 Å². The number of nitrogens with two attached hydrogens (primary N) is 1. The van der Waals surface area contributed by atoms with Gasteiger partial charge in [-0.15, -0.1) is 11.3 Å². The first-order valence-electron chi connectivity index (χ1n) is 5.57. The lowest BCUT2D eigenvalue weighted by molar-refractivity contribution is 0.0203. The lowest BCUT2D eigenvalue weighted by Gasteiger charge is -2.43. The molecule has 2 aliphatic carbocycles. The van der Waals surface area contributed by atoms with E-state index >= 15 is 0 Å². The zero-order valence-corrected chi connectivity index (χ0v) is 9.46. The molecule has 1 aromatic heterocycles. The number of hydrogen-bond acceptors (Lipinski definition) is 4. The average Bonchev–Trinajstić information content (AvgIpc) is 2.92. The van der Waals surface area contributed by atoms with Crippen molar-refractivity contribution in [3.8, 4) is 0 Å². The Hall–Kier alpha value is -0.450. The molecule has 3 nitrogen and oxygen atoms in total. The fraction of sp³-hybridized carbons (Fsp3) is 0.727. The molecule has 0 spiro atoms. The molecule has 3 N–H and O–H groups in total. The van der Waals surface area contributed by atoms with E-state index in [0.717, 1.165) is 24.5 Å². The van der Waals surface area contributed by atoms with Crippen LogP contribution in [0.1, 0.15) is 42.3 Å². The lowest BCUT2D eigenvalue weighted by Crippen LogP contribution is -2.50. The van der Waals surface area contributed by atoms with Gasteiger partial charge in [-0.2, -0.15) is 0 Å². The van der Waals surface area contributed by atoms with Crippen molar-refractivity contribution >= 4 is 11.3 Å². The molecule has 1 heterocycles. The lowest BCUT2D eigenvalue weighted by atomic mass is 9.65. The van der Waals surface area contributed by atoms with Gasteiger partial charge in [0.1, 0.15) is 0 Å². The molecule has 82 valence electrons. The summed E-state index contributed by atoms with van der Waals surface area (Å²) in [6.45, 7) is 0.609. The van der Waals surface area contributed by atoms with Crippen LogP contribution in [0.3, 0.4) is 0 Å². The Labute approximate surface area is 93.3 Å². The topological polar surface area (TPSA) is 59.1 Å². The zero-order valence-electron chi connectivity index (χ0n) is 8.65. The van der Waals surface area contributed by atoms with Crippen LogP contribution in [-0.2, 0) is 5.41 Å². The fourth-order valence-electron chi connectivity index (χ4n) is 2.37. The highest BCUT2D eigenvalue weighted by molar-refractivity contribution is 7.09. The van der Waals surface area contributed by atoms with E-state index in [0.29, 0.717) is 6.54 Å². The van der Waals surface area contributed by atoms with Crippen molar-refractivity contribution in [2.75, 3.05) is 6.54 Å². The van der Waals surface area contributed by atoms with Crippen molar-refractivity contribution in [3.05, 3.63) is 16.1 Å². The molecule has 2 fully saturated rings. The van der Waals surface area contributed by atoms with Crippen molar-refractivity contribution in [2.45, 2.75) is 43.1 Å². The summed E-state index contributed by atoms with van der Waals surface area (Å²) in [5, 5.41) is 12.8. The predicted molar refractivity (Wildman–Crippen MR) is 60.1 cm³/mol. The molecular formula is C11H16N2OS. The number of nitrogens with zero attached hydrogens (tertiary/aromatic N) is 1. The van der Waals surface area contributed by atoms with Crippen LogP contribution in [0.4, 0.5) is 0 Å². The maximum atomic E-state index is 9.42. The van der Waals surface area contributed by atoms with Gasteiger partial charge < -0.3 is 10.8 Å². The van der Waals surface area contributed by atoms with E-state index in [-0.39, 0.29) is 11.5 Å². The maximum absolute atomic E-state index is 9.42. The Morgan fingerprint density at radius 3 is 2.80 bits per heavy atom. The highest BCUT2D eigenvalue weighted by atomic mass is 32.1. The van der Waals surface area contributed by atoms with Crippen LogP contribution in [0.5, 0.6) is 0 Å². The molecule has 0 unspecified atom stereocenters. The minimum atomic E-state index is -0.167. The van der Waals surface area contributed by atoms with Crippen molar-refractivity contribution in [2.24, 2.45) is 5.73 Å². The van der Waals surface area contributed by atoms with Crippen LogP contribution in [0, 0.1) is 0 Å². The van der Waals surface area contributed by atoms with Crippen LogP contribution in [0.15, 0.2) is 5.38 Å². The summed E-state index contributed by atoms with van der Waals surface area (Å²) in [4.78, 5) is 4.70. The van der Waals surface area contributed by atoms with E-state index in [4.69, 9.17) is 10.7 Å². The van der Waals surface area contributed by atoms with E-state index < -0.39 is 0 Å². The van der Waals surface area contributed by atoms with Gasteiger partial charge in [0, 0.05) is 23.3 Å². The zero-order chi connectivity index (χ0) is 10.5. The third-order valence-corrected chi connectivity index (χ3v) is 4.64. The predicted octanol–water partition coefficient (Wildman–Crippen LogP) is 1.37. The van der Waals surface area contributed by atoms with Crippen molar-refractivity contribution in [1.29, 1.82) is 0 Å². The number of hydrogen-bond donors (Lipinski definition) is 2. The second-order valence-electron chi connectivity index (χ2n) is 4.89. The number of aromatic nitrogens is 1. The molecule has 0 aromatic carbocycles. The molecule has 0 aliphatic heterocycles. The average molecular weight is 224 g/mol. The second-order valence-corrected chi connectivity index (χ2v) is 5.78. The molecule has 15 heavy (non-hydrogen) atoms. The van der Waals surface area contributed by atoms with E-state index in [1.165, 1.54) is 17.8 Å². The van der Waals surface area contributed by atoms with Gasteiger partial charge in [0.2, 0.25) is 0 Å². The molecule has 4 heteroatoms. The Bertz CT molecular complexity index is 366. The summed E-state index contributed by atoms with van der Waals surface area (Å²) in [6, 6.07) is 0. The summed E-state index contributed by atoms with van der Waals surface area (Å²) in [5.41, 5.74) is 6.93. The first-order chi connectivity index (χ1) is 7.23. The van der Waals surface area contributed by atoms with Gasteiger partial charge in [0.15, 0.2) is 0 Å². The number of thiazole rings is 1. The van der Waals surface area contributed by atoms with Gasteiger partial charge in [-0.25, -0.2) is 4.98 Å². The first-order valence-corrected chi connectivity index (χ1v) is 6.45. The standard InChI is InChI=1S/C11H16N2OS/c12-6-11(3-8(14)4-11)9-5-15-10(13-9)7-1-2-7/h5,7-8,14H,1-4,6,12H2. The summed E-state index contributed by atoms with van der Waals surface area (Å²) in [7, 11) is 0. The normalized spacial score (nSPS) is 35.2. The highest BCUT2D eigenvalue weighted by Crippen LogP contribution is 2.46. The largest absolute Gasteiger partial charge is 0.393 e. The second kappa shape index (κ2) is 3.27. The van der Waals surface area contributed by atoms with Gasteiger partial charge >= 0.3 is 0 Å². The molecule has 0 amide bonds. The minimum absolute atomic E-state index is 0.0109. The summed E-state index contributed by atoms with van der Waals surface area (Å²) in [5.74, 6) is 0.726. The highest BCUT2D eigenvalue weighted by Gasteiger charge is 2.45. The number of aliphatic hydroxyl groups is 1. The Morgan fingerprint density at radius 1 is 1.53 bits per heavy atom. The summed E-state index contributed by atoms with van der Waals surface area (Å²) < 4.78 is 0. The molecule has 0 atom stereocenters. The van der Waals surface area contributed by atoms with E-state index in [1.807, 2.05) is 0 Å². The van der Waals surface area contributed by atoms with Crippen molar-refractivity contribution in [3.63, 3.8) is 0 Å². The Balaban J connectivity index is 1.84. The van der Waals surface area contributed by atoms with Gasteiger partial charge in [0.25, 0.3) is 0 Å². The smallest absolute Gasteiger partial charge is 0.0959 e. The minimum Gasteiger partial charge on any atom is -0.393 e. The Kier molecular flexibility index (Phi) is 2.13. The third kappa shape index (κ3) is 1.51. The molecular weight excluding hydrogens is 208 g/mol. The molecule has 1 aromatic rings. The molecule has 2 saturated carbocycles. The van der Waals surface area contributed by atoms with Crippen molar-refractivity contribution in [1.82, 2.24) is 4.98 Å². The van der Waals surface area contributed by atoms with Crippen LogP contribution < -0.4 is 5.73 Å². The summed E-state index contributed by atoms with van der Waals surface area (Å²) in [6.07, 6.45) is 4.00. The van der Waals surface area contributed by atoms with Gasteiger partial charge in [-0.05, 0) is 25.7 Å². The van der Waals surface area contributed by atoms with Gasteiger partial charge in [-0.1, -0.05) is 0 Å². The van der Waals surface area contributed by atoms with Gasteiger partial charge in [0.05, 0.1) is 16.8 Å². The van der Waals surface area contributed by atoms with Crippen LogP contribution in [0.2, 0.25) is 0 Å². The van der Waals surface area contributed by atoms with E-state index in [2.05, 4.69) is 5.38 Å². The molecule has 0 radical (unpaired) electrons. The van der Waals surface area contributed by atoms with Crippen LogP contribution in [0.25, 0.3) is 0 Å². The monoisotopic (exact) mass is 224 g/mol. The first kappa shape index (κ1) is 9.75. The molecule has 0 saturated heterocycles. The van der Waals surface area contributed by atoms with E-state index in [9.17, 15) is 5.11 Å². The fourth-order valence-corrected chi connectivity index (χ4v) is 3.49. The summed E-state index contributed by atoms with van der Waals surface area (Å²) >= 11 is 1.76. The Morgan fingerprint density at radius 2 is 2.27 bits per heavy atom. The third-order valence-electron chi connectivity index (χ3n) is 3.64. The molecule has 0 bridgehead atoms. The SMILES string of the molecule is NCC1(c2csc(C3CC3)n2)CC(O)C1. The quantitative estimate of drug-likeness (QED) is 0.815.